The lowest BCUT2D eigenvalue weighted by molar-refractivity contribution is -0.126. The number of amides is 2. The van der Waals surface area contributed by atoms with E-state index in [4.69, 9.17) is 9.47 Å². The maximum Gasteiger partial charge on any atom is 0.253 e. The number of nitrogens with one attached hydrogen (secondary N) is 1. The number of ether oxygens (including phenoxy) is 2. The average Bonchev–Trinajstić information content (AvgIpc) is 2.86. The Morgan fingerprint density at radius 2 is 1.91 bits per heavy atom. The summed E-state index contributed by atoms with van der Waals surface area (Å²) in [5.41, 5.74) is 1.52. The summed E-state index contributed by atoms with van der Waals surface area (Å²) in [4.78, 5) is 31.4. The molecule has 7 nitrogen and oxygen atoms in total. The number of hydrogen-bond donors (Lipinski definition) is 1. The quantitative estimate of drug-likeness (QED) is 0.515. The van der Waals surface area contributed by atoms with Crippen molar-refractivity contribution in [2.24, 2.45) is 5.92 Å². The zero-order chi connectivity index (χ0) is 23.5. The van der Waals surface area contributed by atoms with Gasteiger partial charge in [0.25, 0.3) is 5.91 Å². The van der Waals surface area contributed by atoms with Gasteiger partial charge in [0.05, 0.1) is 6.61 Å². The summed E-state index contributed by atoms with van der Waals surface area (Å²) in [6.45, 7) is 6.78. The second kappa shape index (κ2) is 12.8. The van der Waals surface area contributed by atoms with Crippen LogP contribution in [0.5, 0.6) is 11.5 Å². The Morgan fingerprint density at radius 3 is 2.61 bits per heavy atom. The molecular weight excluding hydrogens is 418 g/mol. The summed E-state index contributed by atoms with van der Waals surface area (Å²) in [5, 5.41) is 3.04. The lowest BCUT2D eigenvalue weighted by Gasteiger charge is -2.31. The van der Waals surface area contributed by atoms with Crippen molar-refractivity contribution in [2.45, 2.75) is 52.6 Å². The minimum atomic E-state index is -0.0448. The lowest BCUT2D eigenvalue weighted by Crippen LogP contribution is -2.43. The van der Waals surface area contributed by atoms with Crippen molar-refractivity contribution in [1.29, 1.82) is 0 Å². The van der Waals surface area contributed by atoms with Gasteiger partial charge >= 0.3 is 0 Å². The van der Waals surface area contributed by atoms with E-state index in [9.17, 15) is 9.59 Å². The molecule has 1 N–H and O–H groups in total. The van der Waals surface area contributed by atoms with Gasteiger partial charge in [-0.3, -0.25) is 14.6 Å². The number of pyridine rings is 1. The summed E-state index contributed by atoms with van der Waals surface area (Å²) in [7, 11) is 0. The molecule has 2 aromatic rings. The molecule has 1 fully saturated rings. The summed E-state index contributed by atoms with van der Waals surface area (Å²) in [5.74, 6) is 1.20. The Bertz CT molecular complexity index is 896. The molecule has 3 rings (SSSR count). The normalized spacial score (nSPS) is 14.1. The maximum atomic E-state index is 13.1. The van der Waals surface area contributed by atoms with E-state index in [0.717, 1.165) is 31.4 Å². The van der Waals surface area contributed by atoms with Crippen molar-refractivity contribution < 1.29 is 19.1 Å². The van der Waals surface area contributed by atoms with Crippen LogP contribution in [0.1, 0.15) is 61.9 Å². The van der Waals surface area contributed by atoms with Crippen LogP contribution in [0.4, 0.5) is 0 Å². The van der Waals surface area contributed by atoms with E-state index in [1.54, 1.807) is 30.6 Å². The number of piperidine rings is 1. The monoisotopic (exact) mass is 453 g/mol. The van der Waals surface area contributed by atoms with E-state index in [1.165, 1.54) is 0 Å². The molecule has 33 heavy (non-hydrogen) atoms. The van der Waals surface area contributed by atoms with E-state index in [1.807, 2.05) is 24.0 Å². The topological polar surface area (TPSA) is 80.8 Å². The number of aromatic nitrogens is 1. The van der Waals surface area contributed by atoms with Crippen LogP contribution in [0, 0.1) is 5.92 Å². The molecule has 0 radical (unpaired) electrons. The van der Waals surface area contributed by atoms with Crippen LogP contribution in [0.2, 0.25) is 0 Å². The minimum absolute atomic E-state index is 0.0158. The third-order valence-electron chi connectivity index (χ3n) is 5.84. The molecule has 1 aromatic heterocycles. The highest BCUT2D eigenvalue weighted by Crippen LogP contribution is 2.30. The largest absolute Gasteiger partial charge is 0.490 e. The third kappa shape index (κ3) is 7.20. The number of likely N-dealkylation sites (tertiary alicyclic amines) is 1. The predicted molar refractivity (Wildman–Crippen MR) is 127 cm³/mol. The Kier molecular flexibility index (Phi) is 9.54. The van der Waals surface area contributed by atoms with Crippen LogP contribution < -0.4 is 14.8 Å². The van der Waals surface area contributed by atoms with Crippen LogP contribution in [0.15, 0.2) is 42.7 Å². The van der Waals surface area contributed by atoms with Gasteiger partial charge in [0, 0.05) is 49.1 Å². The number of nitrogens with zero attached hydrogens (tertiary/aromatic N) is 2. The Labute approximate surface area is 196 Å². The van der Waals surface area contributed by atoms with Crippen LogP contribution >= 0.6 is 0 Å². The zero-order valence-corrected chi connectivity index (χ0v) is 19.7. The molecule has 0 aliphatic carbocycles. The van der Waals surface area contributed by atoms with E-state index >= 15 is 0 Å². The summed E-state index contributed by atoms with van der Waals surface area (Å²) in [6, 6.07) is 9.11. The second-order valence-electron chi connectivity index (χ2n) is 8.31. The highest BCUT2D eigenvalue weighted by atomic mass is 16.5. The smallest absolute Gasteiger partial charge is 0.253 e. The van der Waals surface area contributed by atoms with E-state index in [-0.39, 0.29) is 17.7 Å². The van der Waals surface area contributed by atoms with Gasteiger partial charge in [-0.25, -0.2) is 0 Å². The molecule has 7 heteroatoms. The number of carbonyl (C=O) groups is 2. The van der Waals surface area contributed by atoms with Crippen LogP contribution in [0.3, 0.4) is 0 Å². The molecule has 0 saturated carbocycles. The van der Waals surface area contributed by atoms with Gasteiger partial charge in [-0.1, -0.05) is 25.8 Å². The summed E-state index contributed by atoms with van der Waals surface area (Å²) >= 11 is 0. The zero-order valence-electron chi connectivity index (χ0n) is 19.7. The van der Waals surface area contributed by atoms with E-state index in [2.05, 4.69) is 17.2 Å². The fraction of sp³-hybridized carbons (Fsp3) is 0.500. The Balaban J connectivity index is 1.56. The van der Waals surface area contributed by atoms with E-state index in [0.29, 0.717) is 56.2 Å². The molecule has 0 unspecified atom stereocenters. The second-order valence-corrected chi connectivity index (χ2v) is 8.31. The van der Waals surface area contributed by atoms with Gasteiger partial charge in [-0.2, -0.15) is 0 Å². The van der Waals surface area contributed by atoms with Gasteiger partial charge in [0.15, 0.2) is 11.5 Å². The maximum absolute atomic E-state index is 13.1. The van der Waals surface area contributed by atoms with Crippen LogP contribution in [0.25, 0.3) is 0 Å². The first kappa shape index (κ1) is 24.6. The third-order valence-corrected chi connectivity index (χ3v) is 5.84. The fourth-order valence-electron chi connectivity index (χ4n) is 3.93. The van der Waals surface area contributed by atoms with Crippen molar-refractivity contribution in [3.8, 4) is 11.5 Å². The Hall–Kier alpha value is -3.09. The molecule has 0 atom stereocenters. The predicted octanol–water partition coefficient (Wildman–Crippen LogP) is 4.22. The van der Waals surface area contributed by atoms with Gasteiger partial charge in [0.1, 0.15) is 6.61 Å². The highest BCUT2D eigenvalue weighted by Gasteiger charge is 2.28. The minimum Gasteiger partial charge on any atom is -0.490 e. The number of carbonyl (C=O) groups excluding carboxylic acids is 2. The molecule has 0 spiro atoms. The molecule has 0 bridgehead atoms. The van der Waals surface area contributed by atoms with Crippen molar-refractivity contribution in [3.05, 3.63) is 53.9 Å². The number of unbranched alkanes of at least 4 members (excludes halogenated alkanes) is 2. The first-order valence-electron chi connectivity index (χ1n) is 12.0. The molecule has 1 aliphatic rings. The standard InChI is InChI=1S/C26H35N3O4/c1-3-5-6-14-28-25(30)21-11-15-29(16-12-21)26(31)22-9-10-23(24(17-22)32-4-2)33-19-20-8-7-13-27-18-20/h7-10,13,17-18,21H,3-6,11-12,14-16,19H2,1-2H3,(H,28,30). The highest BCUT2D eigenvalue weighted by molar-refractivity contribution is 5.95. The SMILES string of the molecule is CCCCCNC(=O)C1CCN(C(=O)c2ccc(OCc3cccnc3)c(OCC)c2)CC1. The van der Waals surface area contributed by atoms with Crippen molar-refractivity contribution in [3.63, 3.8) is 0 Å². The van der Waals surface area contributed by atoms with Crippen molar-refractivity contribution >= 4 is 11.8 Å². The van der Waals surface area contributed by atoms with E-state index < -0.39 is 0 Å². The fourth-order valence-corrected chi connectivity index (χ4v) is 3.93. The number of rotatable bonds is 11. The summed E-state index contributed by atoms with van der Waals surface area (Å²) in [6.07, 6.45) is 8.14. The van der Waals surface area contributed by atoms with Gasteiger partial charge < -0.3 is 19.7 Å². The first-order chi connectivity index (χ1) is 16.1. The van der Waals surface area contributed by atoms with Gasteiger partial charge in [-0.05, 0) is 50.5 Å². The van der Waals surface area contributed by atoms with Gasteiger partial charge in [-0.15, -0.1) is 0 Å². The van der Waals surface area contributed by atoms with Crippen molar-refractivity contribution in [2.75, 3.05) is 26.2 Å². The molecule has 1 aromatic carbocycles. The Morgan fingerprint density at radius 1 is 1.09 bits per heavy atom. The summed E-state index contributed by atoms with van der Waals surface area (Å²) < 4.78 is 11.7. The number of benzene rings is 1. The molecule has 1 aliphatic heterocycles. The lowest BCUT2D eigenvalue weighted by atomic mass is 9.95. The molecule has 178 valence electrons. The molecule has 2 amide bonds. The molecule has 1 saturated heterocycles. The number of hydrogen-bond acceptors (Lipinski definition) is 5. The van der Waals surface area contributed by atoms with Crippen LogP contribution in [-0.2, 0) is 11.4 Å². The molecule has 2 heterocycles. The van der Waals surface area contributed by atoms with Crippen LogP contribution in [-0.4, -0.2) is 47.9 Å². The van der Waals surface area contributed by atoms with Gasteiger partial charge in [0.2, 0.25) is 5.91 Å². The molecular formula is C26H35N3O4. The first-order valence-corrected chi connectivity index (χ1v) is 12.0. The van der Waals surface area contributed by atoms with Crippen molar-refractivity contribution in [1.82, 2.24) is 15.2 Å². The average molecular weight is 454 g/mol.